The van der Waals surface area contributed by atoms with Gasteiger partial charge in [-0.25, -0.2) is 0 Å². The molecule has 0 saturated carbocycles. The lowest BCUT2D eigenvalue weighted by Gasteiger charge is -2.30. The zero-order valence-corrected chi connectivity index (χ0v) is 12.6. The first kappa shape index (κ1) is 15.5. The minimum Gasteiger partial charge on any atom is -0.511 e. The van der Waals surface area contributed by atoms with E-state index in [1.165, 1.54) is 14.2 Å². The third-order valence-electron chi connectivity index (χ3n) is 3.81. The Morgan fingerprint density at radius 1 is 1.29 bits per heavy atom. The summed E-state index contributed by atoms with van der Waals surface area (Å²) in [6.45, 7) is 2.00. The van der Waals surface area contributed by atoms with E-state index in [9.17, 15) is 9.90 Å². The molecular weight excluding hydrogens is 268 g/mol. The number of aryl methyl sites for hydroxylation is 1. The van der Waals surface area contributed by atoms with Crippen LogP contribution in [0.1, 0.15) is 29.3 Å². The molecule has 0 fully saturated rings. The van der Waals surface area contributed by atoms with Crippen LogP contribution in [0, 0.1) is 0 Å². The van der Waals surface area contributed by atoms with Crippen LogP contribution in [0.2, 0.25) is 0 Å². The number of benzene rings is 1. The molecule has 1 aliphatic rings. The van der Waals surface area contributed by atoms with Gasteiger partial charge in [-0.3, -0.25) is 4.79 Å². The van der Waals surface area contributed by atoms with Crippen molar-refractivity contribution in [1.29, 1.82) is 0 Å². The SMILES string of the molecule is CCc1ccccc1C(=O)C1=C(O)CC(OC)(OC)C=C1. The number of rotatable bonds is 5. The fraction of sp³-hybridized carbons (Fsp3) is 0.353. The molecule has 0 aromatic heterocycles. The third-order valence-corrected chi connectivity index (χ3v) is 3.81. The smallest absolute Gasteiger partial charge is 0.196 e. The number of hydrogen-bond donors (Lipinski definition) is 1. The molecule has 21 heavy (non-hydrogen) atoms. The van der Waals surface area contributed by atoms with Gasteiger partial charge in [-0.05, 0) is 24.1 Å². The summed E-state index contributed by atoms with van der Waals surface area (Å²) in [5, 5.41) is 10.2. The molecule has 112 valence electrons. The third kappa shape index (κ3) is 2.91. The number of hydrogen-bond acceptors (Lipinski definition) is 4. The molecule has 0 heterocycles. The number of aliphatic hydroxyl groups is 1. The summed E-state index contributed by atoms with van der Waals surface area (Å²) >= 11 is 0. The second-order valence-electron chi connectivity index (χ2n) is 4.93. The molecule has 1 aliphatic carbocycles. The molecule has 1 N–H and O–H groups in total. The highest BCUT2D eigenvalue weighted by Gasteiger charge is 2.34. The van der Waals surface area contributed by atoms with Crippen LogP contribution in [0.3, 0.4) is 0 Å². The van der Waals surface area contributed by atoms with Gasteiger partial charge in [0.25, 0.3) is 0 Å². The quantitative estimate of drug-likeness (QED) is 0.668. The van der Waals surface area contributed by atoms with Crippen molar-refractivity contribution in [2.45, 2.75) is 25.6 Å². The summed E-state index contributed by atoms with van der Waals surface area (Å²) in [7, 11) is 3.00. The molecule has 1 aromatic carbocycles. The first-order valence-corrected chi connectivity index (χ1v) is 6.91. The van der Waals surface area contributed by atoms with Gasteiger partial charge in [0.2, 0.25) is 0 Å². The Balaban J connectivity index is 2.35. The second-order valence-corrected chi connectivity index (χ2v) is 4.93. The number of carbonyl (C=O) groups excluding carboxylic acids is 1. The van der Waals surface area contributed by atoms with Crippen LogP contribution in [0.15, 0.2) is 47.7 Å². The lowest BCUT2D eigenvalue weighted by Crippen LogP contribution is -2.34. The van der Waals surface area contributed by atoms with E-state index >= 15 is 0 Å². The fourth-order valence-corrected chi connectivity index (χ4v) is 2.46. The molecule has 0 spiro atoms. The Bertz CT molecular complexity index is 595. The topological polar surface area (TPSA) is 55.8 Å². The summed E-state index contributed by atoms with van der Waals surface area (Å²) in [6, 6.07) is 7.43. The molecule has 0 radical (unpaired) electrons. The van der Waals surface area contributed by atoms with Crippen LogP contribution in [0.25, 0.3) is 0 Å². The first-order valence-electron chi connectivity index (χ1n) is 6.91. The van der Waals surface area contributed by atoms with E-state index < -0.39 is 5.79 Å². The molecule has 0 bridgehead atoms. The van der Waals surface area contributed by atoms with Crippen molar-refractivity contribution in [3.8, 4) is 0 Å². The van der Waals surface area contributed by atoms with Crippen LogP contribution in [-0.2, 0) is 15.9 Å². The summed E-state index contributed by atoms with van der Waals surface area (Å²) in [5.74, 6) is -1.20. The molecular formula is C17H20O4. The van der Waals surface area contributed by atoms with E-state index in [2.05, 4.69) is 0 Å². The number of methoxy groups -OCH3 is 2. The molecule has 0 unspecified atom stereocenters. The maximum Gasteiger partial charge on any atom is 0.196 e. The Labute approximate surface area is 124 Å². The maximum atomic E-state index is 12.6. The van der Waals surface area contributed by atoms with E-state index in [1.54, 1.807) is 18.2 Å². The van der Waals surface area contributed by atoms with Gasteiger partial charge in [0.1, 0.15) is 5.76 Å². The Hall–Kier alpha value is -1.91. The van der Waals surface area contributed by atoms with Crippen molar-refractivity contribution in [1.82, 2.24) is 0 Å². The van der Waals surface area contributed by atoms with Crippen molar-refractivity contribution in [3.05, 3.63) is 58.9 Å². The highest BCUT2D eigenvalue weighted by atomic mass is 16.7. The first-order chi connectivity index (χ1) is 10.1. The molecule has 0 atom stereocenters. The van der Waals surface area contributed by atoms with Gasteiger partial charge >= 0.3 is 0 Å². The average Bonchev–Trinajstić information content (AvgIpc) is 2.54. The van der Waals surface area contributed by atoms with Crippen molar-refractivity contribution in [2.24, 2.45) is 0 Å². The van der Waals surface area contributed by atoms with Crippen molar-refractivity contribution < 1.29 is 19.4 Å². The van der Waals surface area contributed by atoms with E-state index in [0.29, 0.717) is 11.1 Å². The normalized spacial score (nSPS) is 17.1. The molecule has 1 aromatic rings. The van der Waals surface area contributed by atoms with Crippen LogP contribution in [0.5, 0.6) is 0 Å². The lowest BCUT2D eigenvalue weighted by molar-refractivity contribution is -0.173. The lowest BCUT2D eigenvalue weighted by atomic mass is 9.91. The van der Waals surface area contributed by atoms with Crippen LogP contribution >= 0.6 is 0 Å². The maximum absolute atomic E-state index is 12.6. The van der Waals surface area contributed by atoms with E-state index in [-0.39, 0.29) is 18.0 Å². The number of allylic oxidation sites excluding steroid dienone is 2. The van der Waals surface area contributed by atoms with Crippen LogP contribution in [-0.4, -0.2) is 30.9 Å². The van der Waals surface area contributed by atoms with Gasteiger partial charge in [0.15, 0.2) is 11.6 Å². The van der Waals surface area contributed by atoms with Crippen molar-refractivity contribution in [3.63, 3.8) is 0 Å². The number of ketones is 1. The average molecular weight is 288 g/mol. The van der Waals surface area contributed by atoms with Gasteiger partial charge < -0.3 is 14.6 Å². The monoisotopic (exact) mass is 288 g/mol. The van der Waals surface area contributed by atoms with E-state index in [4.69, 9.17) is 9.47 Å². The fourth-order valence-electron chi connectivity index (χ4n) is 2.46. The molecule has 4 nitrogen and oxygen atoms in total. The van der Waals surface area contributed by atoms with E-state index in [0.717, 1.165) is 12.0 Å². The second kappa shape index (κ2) is 6.24. The minimum absolute atomic E-state index is 0.0166. The minimum atomic E-state index is -1.00. The Morgan fingerprint density at radius 3 is 2.52 bits per heavy atom. The van der Waals surface area contributed by atoms with Gasteiger partial charge in [0, 0.05) is 19.8 Å². The summed E-state index contributed by atoms with van der Waals surface area (Å²) in [4.78, 5) is 12.6. The molecule has 0 aliphatic heterocycles. The van der Waals surface area contributed by atoms with Gasteiger partial charge in [-0.15, -0.1) is 0 Å². The van der Waals surface area contributed by atoms with Gasteiger partial charge in [-0.2, -0.15) is 0 Å². The summed E-state index contributed by atoms with van der Waals surface area (Å²) < 4.78 is 10.5. The number of Topliss-reactive ketones (excluding diaryl/α,β-unsaturated/α-hetero) is 1. The molecule has 4 heteroatoms. The molecule has 0 amide bonds. The van der Waals surface area contributed by atoms with Crippen molar-refractivity contribution >= 4 is 5.78 Å². The largest absolute Gasteiger partial charge is 0.511 e. The van der Waals surface area contributed by atoms with Gasteiger partial charge in [-0.1, -0.05) is 31.2 Å². The number of carbonyl (C=O) groups is 1. The van der Waals surface area contributed by atoms with E-state index in [1.807, 2.05) is 25.1 Å². The number of aliphatic hydroxyl groups excluding tert-OH is 1. The van der Waals surface area contributed by atoms with Crippen molar-refractivity contribution in [2.75, 3.05) is 14.2 Å². The predicted molar refractivity (Wildman–Crippen MR) is 80.3 cm³/mol. The zero-order valence-electron chi connectivity index (χ0n) is 12.6. The van der Waals surface area contributed by atoms with Crippen LogP contribution < -0.4 is 0 Å². The highest BCUT2D eigenvalue weighted by molar-refractivity contribution is 6.11. The number of ether oxygens (including phenoxy) is 2. The van der Waals surface area contributed by atoms with Gasteiger partial charge in [0.05, 0.1) is 12.0 Å². The molecule has 2 rings (SSSR count). The standard InChI is InChI=1S/C17H20O4/c1-4-12-7-5-6-8-13(12)16(19)14-9-10-17(20-2,21-3)11-15(14)18/h5-10,18H,4,11H2,1-3H3. The summed E-state index contributed by atoms with van der Waals surface area (Å²) in [6.07, 6.45) is 4.11. The highest BCUT2D eigenvalue weighted by Crippen LogP contribution is 2.31. The van der Waals surface area contributed by atoms with Crippen LogP contribution in [0.4, 0.5) is 0 Å². The molecule has 0 saturated heterocycles. The Morgan fingerprint density at radius 2 is 1.95 bits per heavy atom. The Kier molecular flexibility index (Phi) is 4.60. The summed E-state index contributed by atoms with van der Waals surface area (Å²) in [5.41, 5.74) is 1.88. The zero-order chi connectivity index (χ0) is 15.5. The predicted octanol–water partition coefficient (Wildman–Crippen LogP) is 3.19.